The predicted molar refractivity (Wildman–Crippen MR) is 126 cm³/mol. The first-order chi connectivity index (χ1) is 15.5. The van der Waals surface area contributed by atoms with Crippen molar-refractivity contribution in [3.8, 4) is 0 Å². The Morgan fingerprint density at radius 2 is 1.79 bits per heavy atom. The molecule has 2 rings (SSSR count). The van der Waals surface area contributed by atoms with Crippen LogP contribution in [0.2, 0.25) is 0 Å². The number of thiocarbonyl (C=S) groups is 1. The molecule has 0 spiro atoms. The minimum Gasteiger partial charge on any atom is -0.464 e. The van der Waals surface area contributed by atoms with Gasteiger partial charge < -0.3 is 15.8 Å². The molecule has 0 aromatic heterocycles. The summed E-state index contributed by atoms with van der Waals surface area (Å²) < 4.78 is 32.1. The van der Waals surface area contributed by atoms with Crippen LogP contribution in [0.1, 0.15) is 23.6 Å². The number of benzene rings is 2. The maximum atomic E-state index is 12.5. The molecule has 1 unspecified atom stereocenters. The fourth-order valence-electron chi connectivity index (χ4n) is 2.84. The molecule has 1 amide bonds. The van der Waals surface area contributed by atoms with Gasteiger partial charge in [0.05, 0.1) is 23.6 Å². The van der Waals surface area contributed by atoms with Crippen molar-refractivity contribution in [3.05, 3.63) is 65.2 Å². The zero-order valence-corrected chi connectivity index (χ0v) is 19.5. The van der Waals surface area contributed by atoms with Gasteiger partial charge in [0.25, 0.3) is 5.84 Å². The topological polar surface area (TPSA) is 179 Å². The Hall–Kier alpha value is -3.35. The molecule has 0 saturated heterocycles. The summed E-state index contributed by atoms with van der Waals surface area (Å²) in [5, 5.41) is 8.11. The van der Waals surface area contributed by atoms with Crippen LogP contribution in [-0.4, -0.2) is 50.3 Å². The first-order valence-corrected chi connectivity index (χ1v) is 11.8. The quantitative estimate of drug-likeness (QED) is 0.107. The molecule has 176 valence electrons. The van der Waals surface area contributed by atoms with Crippen LogP contribution in [0.5, 0.6) is 0 Å². The number of rotatable bonds is 11. The highest BCUT2D eigenvalue weighted by molar-refractivity contribution is 7.89. The van der Waals surface area contributed by atoms with Crippen LogP contribution in [0.4, 0.5) is 0 Å². The highest BCUT2D eigenvalue weighted by atomic mass is 32.2. The second kappa shape index (κ2) is 11.5. The first-order valence-electron chi connectivity index (χ1n) is 9.86. The van der Waals surface area contributed by atoms with Crippen LogP contribution in [-0.2, 0) is 30.8 Å². The van der Waals surface area contributed by atoms with Gasteiger partial charge in [-0.15, -0.1) is 0 Å². The van der Waals surface area contributed by atoms with Crippen LogP contribution in [0.15, 0.2) is 53.4 Å². The molecule has 12 heteroatoms. The minimum absolute atomic E-state index is 0.0651. The second-order valence-corrected chi connectivity index (χ2v) is 9.15. The van der Waals surface area contributed by atoms with Crippen LogP contribution in [0.3, 0.4) is 0 Å². The average molecular weight is 493 g/mol. The van der Waals surface area contributed by atoms with Crippen molar-refractivity contribution in [3.63, 3.8) is 0 Å². The molecule has 0 radical (unpaired) electrons. The fraction of sp³-hybridized carbons (Fsp3) is 0.238. The Morgan fingerprint density at radius 3 is 2.36 bits per heavy atom. The van der Waals surface area contributed by atoms with E-state index < -0.39 is 34.5 Å². The van der Waals surface area contributed by atoms with Crippen molar-refractivity contribution in [1.82, 2.24) is 10.0 Å². The second-order valence-electron chi connectivity index (χ2n) is 6.95. The molecule has 2 aromatic carbocycles. The SMILES string of the molecule is CCOC(=O)C(Cc1cccc(C(N)=[NH2+])c1)NC(=O)CNS(=O)(=O)c1ccc(C(N)=S)cc1. The van der Waals surface area contributed by atoms with E-state index in [0.717, 1.165) is 0 Å². The summed E-state index contributed by atoms with van der Waals surface area (Å²) in [6, 6.07) is 11.4. The largest absolute Gasteiger partial charge is 0.464 e. The Balaban J connectivity index is 2.07. The molecule has 0 aliphatic heterocycles. The van der Waals surface area contributed by atoms with Gasteiger partial charge in [-0.25, -0.2) is 17.9 Å². The number of carbonyl (C=O) groups excluding carboxylic acids is 2. The summed E-state index contributed by atoms with van der Waals surface area (Å²) in [5.41, 5.74) is 12.9. The van der Waals surface area contributed by atoms with Crippen LogP contribution >= 0.6 is 12.2 Å². The number of hydrogen-bond donors (Lipinski definition) is 5. The highest BCUT2D eigenvalue weighted by Crippen LogP contribution is 2.11. The molecule has 0 heterocycles. The van der Waals surface area contributed by atoms with Crippen molar-refractivity contribution in [2.75, 3.05) is 13.2 Å². The molecular weight excluding hydrogens is 466 g/mol. The van der Waals surface area contributed by atoms with Crippen molar-refractivity contribution in [1.29, 1.82) is 0 Å². The lowest BCUT2D eigenvalue weighted by molar-refractivity contribution is -0.147. The van der Waals surface area contributed by atoms with Gasteiger partial charge in [-0.1, -0.05) is 36.5 Å². The zero-order valence-electron chi connectivity index (χ0n) is 17.9. The first kappa shape index (κ1) is 25.9. The maximum Gasteiger partial charge on any atom is 0.328 e. The summed E-state index contributed by atoms with van der Waals surface area (Å²) in [4.78, 5) is 24.9. The molecular formula is C21H26N5O5S2+. The number of nitrogens with one attached hydrogen (secondary N) is 2. The molecule has 1 atom stereocenters. The van der Waals surface area contributed by atoms with Crippen molar-refractivity contribution in [2.45, 2.75) is 24.3 Å². The molecule has 8 N–H and O–H groups in total. The Morgan fingerprint density at radius 1 is 1.12 bits per heavy atom. The summed E-state index contributed by atoms with van der Waals surface area (Å²) in [5.74, 6) is -1.25. The number of sulfonamides is 1. The van der Waals surface area contributed by atoms with Crippen molar-refractivity contribution in [2.24, 2.45) is 11.5 Å². The van der Waals surface area contributed by atoms with Crippen LogP contribution in [0.25, 0.3) is 0 Å². The number of carbonyl (C=O) groups is 2. The van der Waals surface area contributed by atoms with E-state index in [-0.39, 0.29) is 28.7 Å². The number of amidine groups is 1. The average Bonchev–Trinajstić information content (AvgIpc) is 2.77. The highest BCUT2D eigenvalue weighted by Gasteiger charge is 2.24. The smallest absolute Gasteiger partial charge is 0.328 e. The number of hydrogen-bond acceptors (Lipinski definition) is 6. The third kappa shape index (κ3) is 7.63. The van der Waals surface area contributed by atoms with Crippen LogP contribution in [0, 0.1) is 0 Å². The molecule has 0 aliphatic rings. The van der Waals surface area contributed by atoms with E-state index in [2.05, 4.69) is 10.0 Å². The number of ether oxygens (including phenoxy) is 1. The van der Waals surface area contributed by atoms with E-state index in [9.17, 15) is 18.0 Å². The predicted octanol–water partition coefficient (Wildman–Crippen LogP) is -1.65. The lowest BCUT2D eigenvalue weighted by Gasteiger charge is -2.18. The van der Waals surface area contributed by atoms with Gasteiger partial charge in [0.2, 0.25) is 15.9 Å². The third-order valence-electron chi connectivity index (χ3n) is 4.48. The number of esters is 1. The summed E-state index contributed by atoms with van der Waals surface area (Å²) >= 11 is 4.84. The van der Waals surface area contributed by atoms with E-state index in [1.165, 1.54) is 24.3 Å². The van der Waals surface area contributed by atoms with Gasteiger partial charge in [-0.2, -0.15) is 0 Å². The van der Waals surface area contributed by atoms with E-state index in [1.807, 2.05) is 0 Å². The van der Waals surface area contributed by atoms with Gasteiger partial charge in [-0.3, -0.25) is 15.9 Å². The molecule has 0 saturated carbocycles. The van der Waals surface area contributed by atoms with E-state index in [0.29, 0.717) is 16.7 Å². The van der Waals surface area contributed by atoms with Crippen LogP contribution < -0.4 is 26.9 Å². The minimum atomic E-state index is -3.98. The summed E-state index contributed by atoms with van der Waals surface area (Å²) in [7, 11) is -3.98. The van der Waals surface area contributed by atoms with Gasteiger partial charge in [-0.05, 0) is 36.8 Å². The Bertz CT molecular complexity index is 1150. The van der Waals surface area contributed by atoms with Gasteiger partial charge in [0.15, 0.2) is 0 Å². The lowest BCUT2D eigenvalue weighted by Crippen LogP contribution is -2.47. The lowest BCUT2D eigenvalue weighted by atomic mass is 10.0. The molecule has 10 nitrogen and oxygen atoms in total. The van der Waals surface area contributed by atoms with Gasteiger partial charge in [0, 0.05) is 12.0 Å². The molecule has 0 fully saturated rings. The van der Waals surface area contributed by atoms with Gasteiger partial charge >= 0.3 is 5.97 Å². The van der Waals surface area contributed by atoms with E-state index >= 15 is 0 Å². The molecule has 33 heavy (non-hydrogen) atoms. The van der Waals surface area contributed by atoms with E-state index in [4.69, 9.17) is 33.8 Å². The number of amides is 1. The van der Waals surface area contributed by atoms with Crippen molar-refractivity contribution >= 4 is 44.9 Å². The number of nitrogens with two attached hydrogens (primary N) is 3. The standard InChI is InChI=1S/C21H25N5O5S2/c1-2-31-21(28)17(11-13-4-3-5-15(10-13)19(22)23)26-18(27)12-25-33(29,30)16-8-6-14(7-9-16)20(24)32/h3-10,17,25H,2,11-12H2,1H3,(H3,22,23)(H2,24,32)(H,26,27)/p+1. The Kier molecular flexibility index (Phi) is 9.02. The third-order valence-corrected chi connectivity index (χ3v) is 6.13. The zero-order chi connectivity index (χ0) is 24.6. The fourth-order valence-corrected chi connectivity index (χ4v) is 3.96. The molecule has 2 aromatic rings. The Labute approximate surface area is 197 Å². The normalized spacial score (nSPS) is 11.9. The molecule has 0 bridgehead atoms. The molecule has 0 aliphatic carbocycles. The summed E-state index contributed by atoms with van der Waals surface area (Å²) in [6.45, 7) is 1.17. The van der Waals surface area contributed by atoms with E-state index in [1.54, 1.807) is 31.2 Å². The van der Waals surface area contributed by atoms with Crippen molar-refractivity contribution < 1.29 is 28.2 Å². The summed E-state index contributed by atoms with van der Waals surface area (Å²) in [6.07, 6.45) is 0.0961. The monoisotopic (exact) mass is 492 g/mol. The van der Waals surface area contributed by atoms with Gasteiger partial charge in [0.1, 0.15) is 11.0 Å². The maximum absolute atomic E-state index is 12.5.